The van der Waals surface area contributed by atoms with Crippen LogP contribution >= 0.6 is 0 Å². The van der Waals surface area contributed by atoms with Crippen molar-refractivity contribution in [1.29, 1.82) is 0 Å². The van der Waals surface area contributed by atoms with Crippen LogP contribution in [0.15, 0.2) is 35.0 Å². The molecule has 3 aromatic rings. The SMILES string of the molecule is O=[N+]([O-])c1c(N2CCCCC2)cc(-c2cccc(C(F)(F)F)c2)c2nonc12. The highest BCUT2D eigenvalue weighted by Crippen LogP contribution is 2.42. The number of hydrogen-bond acceptors (Lipinski definition) is 6. The monoisotopic (exact) mass is 392 g/mol. The topological polar surface area (TPSA) is 85.3 Å². The lowest BCUT2D eigenvalue weighted by Gasteiger charge is -2.28. The van der Waals surface area contributed by atoms with E-state index in [4.69, 9.17) is 4.63 Å². The van der Waals surface area contributed by atoms with Gasteiger partial charge >= 0.3 is 11.9 Å². The number of hydrogen-bond donors (Lipinski definition) is 0. The van der Waals surface area contributed by atoms with Crippen LogP contribution in [0, 0.1) is 10.1 Å². The molecule has 0 radical (unpaired) electrons. The maximum absolute atomic E-state index is 13.1. The third-order valence-electron chi connectivity index (χ3n) is 4.87. The van der Waals surface area contributed by atoms with E-state index < -0.39 is 16.7 Å². The zero-order valence-corrected chi connectivity index (χ0v) is 14.6. The first-order chi connectivity index (χ1) is 13.4. The lowest BCUT2D eigenvalue weighted by atomic mass is 9.98. The first-order valence-electron chi connectivity index (χ1n) is 8.72. The van der Waals surface area contributed by atoms with E-state index in [1.807, 2.05) is 4.90 Å². The molecule has 0 atom stereocenters. The zero-order chi connectivity index (χ0) is 19.9. The van der Waals surface area contributed by atoms with Gasteiger partial charge in [-0.15, -0.1) is 0 Å². The maximum Gasteiger partial charge on any atom is 0.416 e. The summed E-state index contributed by atoms with van der Waals surface area (Å²) in [6.45, 7) is 1.25. The van der Waals surface area contributed by atoms with Gasteiger partial charge < -0.3 is 4.90 Å². The molecule has 0 N–H and O–H groups in total. The number of nitro benzene ring substituents is 1. The fraction of sp³-hybridized carbons (Fsp3) is 0.333. The van der Waals surface area contributed by atoms with Gasteiger partial charge in [-0.3, -0.25) is 10.1 Å². The van der Waals surface area contributed by atoms with E-state index in [9.17, 15) is 23.3 Å². The molecule has 0 bridgehead atoms. The summed E-state index contributed by atoms with van der Waals surface area (Å²) < 4.78 is 44.1. The molecule has 1 aliphatic rings. The predicted molar refractivity (Wildman–Crippen MR) is 95.0 cm³/mol. The number of nitrogens with zero attached hydrogens (tertiary/aromatic N) is 4. The number of piperidine rings is 1. The Bertz CT molecular complexity index is 1040. The summed E-state index contributed by atoms with van der Waals surface area (Å²) in [6.07, 6.45) is -1.72. The quantitative estimate of drug-likeness (QED) is 0.470. The van der Waals surface area contributed by atoms with Crippen LogP contribution in [0.1, 0.15) is 24.8 Å². The number of fused-ring (bicyclic) bond motifs is 1. The highest BCUT2D eigenvalue weighted by molar-refractivity contribution is 6.01. The van der Waals surface area contributed by atoms with Crippen LogP contribution in [0.3, 0.4) is 0 Å². The first kappa shape index (κ1) is 18.2. The Morgan fingerprint density at radius 2 is 1.79 bits per heavy atom. The summed E-state index contributed by atoms with van der Waals surface area (Å²) in [7, 11) is 0. The van der Waals surface area contributed by atoms with Gasteiger partial charge in [0.25, 0.3) is 0 Å². The fourth-order valence-corrected chi connectivity index (χ4v) is 3.55. The largest absolute Gasteiger partial charge is 0.416 e. The fourth-order valence-electron chi connectivity index (χ4n) is 3.55. The van der Waals surface area contributed by atoms with E-state index in [1.54, 1.807) is 0 Å². The van der Waals surface area contributed by atoms with Crippen LogP contribution in [0.5, 0.6) is 0 Å². The molecule has 28 heavy (non-hydrogen) atoms. The Kier molecular flexibility index (Phi) is 4.40. The number of nitro groups is 1. The van der Waals surface area contributed by atoms with E-state index >= 15 is 0 Å². The minimum atomic E-state index is -4.51. The lowest BCUT2D eigenvalue weighted by Crippen LogP contribution is -2.30. The molecule has 2 aromatic carbocycles. The van der Waals surface area contributed by atoms with Crippen molar-refractivity contribution >= 4 is 22.4 Å². The van der Waals surface area contributed by atoms with Gasteiger partial charge in [-0.25, -0.2) is 4.63 Å². The molecule has 0 unspecified atom stereocenters. The number of halogens is 3. The molecule has 1 saturated heterocycles. The summed E-state index contributed by atoms with van der Waals surface area (Å²) in [6, 6.07) is 6.28. The first-order valence-corrected chi connectivity index (χ1v) is 8.72. The summed E-state index contributed by atoms with van der Waals surface area (Å²) in [5.41, 5.74) is -0.189. The second-order valence-corrected chi connectivity index (χ2v) is 6.64. The molecular formula is C18H15F3N4O3. The molecule has 4 rings (SSSR count). The molecule has 0 aliphatic carbocycles. The molecule has 0 spiro atoms. The Labute approximate surface area is 156 Å². The Hall–Kier alpha value is -3.17. The van der Waals surface area contributed by atoms with E-state index in [2.05, 4.69) is 10.3 Å². The van der Waals surface area contributed by atoms with E-state index in [-0.39, 0.29) is 22.3 Å². The number of rotatable bonds is 3. The third-order valence-corrected chi connectivity index (χ3v) is 4.87. The van der Waals surface area contributed by atoms with Crippen LogP contribution in [-0.2, 0) is 6.18 Å². The second-order valence-electron chi connectivity index (χ2n) is 6.64. The van der Waals surface area contributed by atoms with Gasteiger partial charge in [0.2, 0.25) is 5.52 Å². The molecular weight excluding hydrogens is 377 g/mol. The summed E-state index contributed by atoms with van der Waals surface area (Å²) >= 11 is 0. The normalized spacial score (nSPS) is 15.2. The Morgan fingerprint density at radius 1 is 1.07 bits per heavy atom. The van der Waals surface area contributed by atoms with Crippen molar-refractivity contribution in [1.82, 2.24) is 10.3 Å². The third kappa shape index (κ3) is 3.14. The predicted octanol–water partition coefficient (Wildman–Crippen LogP) is 4.81. The number of benzene rings is 2. The van der Waals surface area contributed by atoms with Crippen molar-refractivity contribution in [2.45, 2.75) is 25.4 Å². The summed E-state index contributed by atoms with van der Waals surface area (Å²) in [5, 5.41) is 19.1. The highest BCUT2D eigenvalue weighted by Gasteiger charge is 2.32. The standard InChI is InChI=1S/C18H15F3N4O3/c19-18(20,21)12-6-4-5-11(9-12)13-10-14(24-7-2-1-3-8-24)17(25(26)27)16-15(13)22-28-23-16/h4-6,9-10H,1-3,7-8H2. The van der Waals surface area contributed by atoms with Crippen molar-refractivity contribution < 1.29 is 22.7 Å². The Morgan fingerprint density at radius 3 is 2.46 bits per heavy atom. The van der Waals surface area contributed by atoms with Gasteiger partial charge in [0.05, 0.1) is 10.5 Å². The number of alkyl halides is 3. The van der Waals surface area contributed by atoms with Gasteiger partial charge in [-0.1, -0.05) is 12.1 Å². The molecule has 0 saturated carbocycles. The van der Waals surface area contributed by atoms with Crippen LogP contribution in [-0.4, -0.2) is 28.3 Å². The van der Waals surface area contributed by atoms with Crippen LogP contribution in [0.2, 0.25) is 0 Å². The highest BCUT2D eigenvalue weighted by atomic mass is 19.4. The molecule has 0 amide bonds. The van der Waals surface area contributed by atoms with Crippen molar-refractivity contribution in [3.8, 4) is 11.1 Å². The maximum atomic E-state index is 13.1. The minimum Gasteiger partial charge on any atom is -0.366 e. The van der Waals surface area contributed by atoms with Gasteiger partial charge in [0, 0.05) is 18.7 Å². The van der Waals surface area contributed by atoms with Crippen molar-refractivity contribution in [3.05, 3.63) is 46.0 Å². The molecule has 1 aliphatic heterocycles. The van der Waals surface area contributed by atoms with Crippen LogP contribution in [0.25, 0.3) is 22.2 Å². The van der Waals surface area contributed by atoms with E-state index in [1.165, 1.54) is 18.2 Å². The Balaban J connectivity index is 1.96. The molecule has 146 valence electrons. The molecule has 10 heteroatoms. The summed E-state index contributed by atoms with van der Waals surface area (Å²) in [5.74, 6) is 0. The van der Waals surface area contributed by atoms with Gasteiger partial charge in [-0.2, -0.15) is 13.2 Å². The number of aromatic nitrogens is 2. The van der Waals surface area contributed by atoms with Crippen molar-refractivity contribution in [2.24, 2.45) is 0 Å². The summed E-state index contributed by atoms with van der Waals surface area (Å²) in [4.78, 5) is 13.0. The van der Waals surface area contributed by atoms with Crippen LogP contribution in [0.4, 0.5) is 24.5 Å². The smallest absolute Gasteiger partial charge is 0.366 e. The van der Waals surface area contributed by atoms with E-state index in [0.29, 0.717) is 24.3 Å². The van der Waals surface area contributed by atoms with Gasteiger partial charge in [0.1, 0.15) is 11.2 Å². The van der Waals surface area contributed by atoms with Gasteiger partial charge in [0.15, 0.2) is 0 Å². The van der Waals surface area contributed by atoms with E-state index in [0.717, 1.165) is 31.4 Å². The second kappa shape index (κ2) is 6.77. The number of anilines is 1. The zero-order valence-electron chi connectivity index (χ0n) is 14.6. The lowest BCUT2D eigenvalue weighted by molar-refractivity contribution is -0.382. The molecule has 7 nitrogen and oxygen atoms in total. The van der Waals surface area contributed by atoms with Crippen molar-refractivity contribution in [2.75, 3.05) is 18.0 Å². The minimum absolute atomic E-state index is 0.0618. The average molecular weight is 392 g/mol. The van der Waals surface area contributed by atoms with Crippen LogP contribution < -0.4 is 4.90 Å². The van der Waals surface area contributed by atoms with Gasteiger partial charge in [-0.05, 0) is 53.3 Å². The molecule has 2 heterocycles. The average Bonchev–Trinajstić information content (AvgIpc) is 3.16. The van der Waals surface area contributed by atoms with Crippen molar-refractivity contribution in [3.63, 3.8) is 0 Å². The molecule has 1 fully saturated rings. The molecule has 1 aromatic heterocycles.